The van der Waals surface area contributed by atoms with Gasteiger partial charge in [0.15, 0.2) is 0 Å². The minimum atomic E-state index is 0.859. The van der Waals surface area contributed by atoms with Crippen molar-refractivity contribution in [2.24, 2.45) is 5.92 Å². The highest BCUT2D eigenvalue weighted by molar-refractivity contribution is 5.38. The fraction of sp³-hybridized carbons (Fsp3) is 0.706. The van der Waals surface area contributed by atoms with E-state index in [9.17, 15) is 0 Å². The Labute approximate surface area is 123 Å². The van der Waals surface area contributed by atoms with Crippen LogP contribution in [-0.4, -0.2) is 25.1 Å². The molecule has 0 atom stereocenters. The lowest BCUT2D eigenvalue weighted by molar-refractivity contribution is 0.361. The van der Waals surface area contributed by atoms with Crippen molar-refractivity contribution in [2.45, 2.75) is 52.0 Å². The smallest absolute Gasteiger partial charge is 0.128 e. The predicted molar refractivity (Wildman–Crippen MR) is 86.1 cm³/mol. The zero-order valence-electron chi connectivity index (χ0n) is 13.1. The van der Waals surface area contributed by atoms with Gasteiger partial charge in [-0.25, -0.2) is 4.98 Å². The summed E-state index contributed by atoms with van der Waals surface area (Å²) in [6.45, 7) is 5.27. The first kappa shape index (κ1) is 15.3. The molecule has 0 amide bonds. The van der Waals surface area contributed by atoms with Gasteiger partial charge in [-0.3, -0.25) is 0 Å². The summed E-state index contributed by atoms with van der Waals surface area (Å²) in [6, 6.07) is 6.37. The maximum absolute atomic E-state index is 4.77. The van der Waals surface area contributed by atoms with Gasteiger partial charge in [0, 0.05) is 20.1 Å². The molecule has 0 radical (unpaired) electrons. The van der Waals surface area contributed by atoms with E-state index < -0.39 is 0 Å². The maximum Gasteiger partial charge on any atom is 0.128 e. The molecule has 1 aromatic rings. The van der Waals surface area contributed by atoms with Crippen LogP contribution in [0.5, 0.6) is 0 Å². The average molecular weight is 275 g/mol. The lowest BCUT2D eigenvalue weighted by Gasteiger charge is -2.27. The maximum atomic E-state index is 4.77. The summed E-state index contributed by atoms with van der Waals surface area (Å²) in [7, 11) is 2.18. The topological polar surface area (TPSA) is 28.2 Å². The van der Waals surface area contributed by atoms with Gasteiger partial charge in [-0.1, -0.05) is 32.3 Å². The lowest BCUT2D eigenvalue weighted by atomic mass is 9.89. The van der Waals surface area contributed by atoms with Crippen molar-refractivity contribution in [3.63, 3.8) is 0 Å². The fourth-order valence-corrected chi connectivity index (χ4v) is 3.02. The van der Waals surface area contributed by atoms with E-state index in [0.29, 0.717) is 0 Å². The van der Waals surface area contributed by atoms with E-state index in [2.05, 4.69) is 42.4 Å². The molecule has 112 valence electrons. The second kappa shape index (κ2) is 8.25. The molecular weight excluding hydrogens is 246 g/mol. The van der Waals surface area contributed by atoms with Crippen LogP contribution in [0, 0.1) is 5.92 Å². The van der Waals surface area contributed by atoms with Crippen LogP contribution in [0.3, 0.4) is 0 Å². The van der Waals surface area contributed by atoms with Gasteiger partial charge in [-0.05, 0) is 43.9 Å². The van der Waals surface area contributed by atoms with Gasteiger partial charge in [-0.2, -0.15) is 0 Å². The molecule has 1 heterocycles. The van der Waals surface area contributed by atoms with Crippen molar-refractivity contribution < 1.29 is 0 Å². The van der Waals surface area contributed by atoms with Crippen molar-refractivity contribution in [3.05, 3.63) is 23.9 Å². The quantitative estimate of drug-likeness (QED) is 0.771. The molecule has 2 rings (SSSR count). The van der Waals surface area contributed by atoms with Crippen LogP contribution in [0.4, 0.5) is 5.82 Å². The van der Waals surface area contributed by atoms with E-state index in [4.69, 9.17) is 4.98 Å². The lowest BCUT2D eigenvalue weighted by Crippen LogP contribution is -2.27. The highest BCUT2D eigenvalue weighted by atomic mass is 15.2. The molecule has 0 spiro atoms. The van der Waals surface area contributed by atoms with Crippen LogP contribution < -0.4 is 10.2 Å². The van der Waals surface area contributed by atoms with Crippen molar-refractivity contribution in [1.82, 2.24) is 10.3 Å². The van der Waals surface area contributed by atoms with Crippen LogP contribution in [0.1, 0.15) is 51.1 Å². The summed E-state index contributed by atoms with van der Waals surface area (Å²) in [6.07, 6.45) is 8.20. The Kier molecular flexibility index (Phi) is 6.31. The molecule has 20 heavy (non-hydrogen) atoms. The number of nitrogens with zero attached hydrogens (tertiary/aromatic N) is 2. The molecular formula is C17H29N3. The van der Waals surface area contributed by atoms with Crippen molar-refractivity contribution in [1.29, 1.82) is 0 Å². The first-order valence-electron chi connectivity index (χ1n) is 8.17. The van der Waals surface area contributed by atoms with E-state index in [0.717, 1.165) is 37.1 Å². The summed E-state index contributed by atoms with van der Waals surface area (Å²) >= 11 is 0. The molecule has 0 saturated heterocycles. The second-order valence-electron chi connectivity index (χ2n) is 6.05. The van der Waals surface area contributed by atoms with E-state index in [1.807, 2.05) is 0 Å². The number of hydrogen-bond donors (Lipinski definition) is 1. The van der Waals surface area contributed by atoms with Crippen LogP contribution in [-0.2, 0) is 6.54 Å². The number of anilines is 1. The monoisotopic (exact) mass is 275 g/mol. The zero-order valence-corrected chi connectivity index (χ0v) is 13.1. The van der Waals surface area contributed by atoms with E-state index in [1.54, 1.807) is 0 Å². The molecule has 3 heteroatoms. The standard InChI is InChI=1S/C17H29N3/c1-3-12-18-13-16-10-7-11-17(19-16)20(2)14-15-8-5-4-6-9-15/h7,10-11,15,18H,3-6,8-9,12-14H2,1-2H3. The SMILES string of the molecule is CCCNCc1cccc(N(C)CC2CCCCC2)n1. The van der Waals surface area contributed by atoms with Gasteiger partial charge in [0.05, 0.1) is 5.69 Å². The van der Waals surface area contributed by atoms with Crippen LogP contribution in [0.15, 0.2) is 18.2 Å². The Hall–Kier alpha value is -1.09. The molecule has 0 aromatic carbocycles. The minimum Gasteiger partial charge on any atom is -0.359 e. The molecule has 0 unspecified atom stereocenters. The van der Waals surface area contributed by atoms with Gasteiger partial charge in [0.2, 0.25) is 0 Å². The molecule has 0 bridgehead atoms. The summed E-state index contributed by atoms with van der Waals surface area (Å²) < 4.78 is 0. The van der Waals surface area contributed by atoms with E-state index >= 15 is 0 Å². The zero-order chi connectivity index (χ0) is 14.2. The van der Waals surface area contributed by atoms with Crippen LogP contribution >= 0.6 is 0 Å². The first-order valence-corrected chi connectivity index (χ1v) is 8.17. The molecule has 1 aliphatic rings. The van der Waals surface area contributed by atoms with Crippen molar-refractivity contribution in [2.75, 3.05) is 25.0 Å². The molecule has 1 aliphatic carbocycles. The molecule has 1 aromatic heterocycles. The highest BCUT2D eigenvalue weighted by Gasteiger charge is 2.16. The van der Waals surface area contributed by atoms with Crippen molar-refractivity contribution in [3.8, 4) is 0 Å². The predicted octanol–water partition coefficient (Wildman–Crippen LogP) is 3.60. The summed E-state index contributed by atoms with van der Waals surface area (Å²) in [5.41, 5.74) is 1.14. The van der Waals surface area contributed by atoms with Gasteiger partial charge >= 0.3 is 0 Å². The molecule has 1 fully saturated rings. The minimum absolute atomic E-state index is 0.859. The highest BCUT2D eigenvalue weighted by Crippen LogP contribution is 2.25. The molecule has 3 nitrogen and oxygen atoms in total. The third-order valence-electron chi connectivity index (χ3n) is 4.17. The van der Waals surface area contributed by atoms with Gasteiger partial charge in [0.25, 0.3) is 0 Å². The number of nitrogens with one attached hydrogen (secondary N) is 1. The van der Waals surface area contributed by atoms with Crippen LogP contribution in [0.25, 0.3) is 0 Å². The third kappa shape index (κ3) is 4.78. The van der Waals surface area contributed by atoms with Crippen molar-refractivity contribution >= 4 is 5.82 Å². The van der Waals surface area contributed by atoms with Crippen LogP contribution in [0.2, 0.25) is 0 Å². The summed E-state index contributed by atoms with van der Waals surface area (Å²) in [5.74, 6) is 1.98. The van der Waals surface area contributed by atoms with E-state index in [1.165, 1.54) is 38.5 Å². The second-order valence-corrected chi connectivity index (χ2v) is 6.05. The average Bonchev–Trinajstić information content (AvgIpc) is 2.49. The summed E-state index contributed by atoms with van der Waals surface area (Å²) in [5, 5.41) is 3.42. The number of pyridine rings is 1. The fourth-order valence-electron chi connectivity index (χ4n) is 3.02. The van der Waals surface area contributed by atoms with Gasteiger partial charge < -0.3 is 10.2 Å². The van der Waals surface area contributed by atoms with E-state index in [-0.39, 0.29) is 0 Å². The molecule has 1 saturated carbocycles. The molecule has 0 aliphatic heterocycles. The Morgan fingerprint density at radius 3 is 2.80 bits per heavy atom. The van der Waals surface area contributed by atoms with Gasteiger partial charge in [-0.15, -0.1) is 0 Å². The third-order valence-corrected chi connectivity index (χ3v) is 4.17. The Balaban J connectivity index is 1.88. The summed E-state index contributed by atoms with van der Waals surface area (Å²) in [4.78, 5) is 7.11. The number of rotatable bonds is 7. The molecule has 1 N–H and O–H groups in total. The Bertz CT molecular complexity index is 386. The normalized spacial score (nSPS) is 16.3. The Morgan fingerprint density at radius 1 is 1.25 bits per heavy atom. The number of aromatic nitrogens is 1. The largest absolute Gasteiger partial charge is 0.359 e. The Morgan fingerprint density at radius 2 is 2.05 bits per heavy atom. The number of hydrogen-bond acceptors (Lipinski definition) is 3. The van der Waals surface area contributed by atoms with Gasteiger partial charge in [0.1, 0.15) is 5.82 Å². The first-order chi connectivity index (χ1) is 9.79.